The highest BCUT2D eigenvalue weighted by atomic mass is 19.1. The maximum absolute atomic E-state index is 13.1. The van der Waals surface area contributed by atoms with E-state index >= 15 is 0 Å². The number of esters is 2. The van der Waals surface area contributed by atoms with Crippen molar-refractivity contribution in [1.82, 2.24) is 15.1 Å². The van der Waals surface area contributed by atoms with E-state index in [1.807, 2.05) is 31.2 Å². The van der Waals surface area contributed by atoms with Gasteiger partial charge in [-0.1, -0.05) is 23.4 Å². The molecule has 4 rings (SSSR count). The van der Waals surface area contributed by atoms with Gasteiger partial charge in [0.1, 0.15) is 12.4 Å². The molecular weight excluding hydrogens is 441 g/mol. The Bertz CT molecular complexity index is 1330. The molecule has 2 heterocycles. The molecule has 0 bridgehead atoms. The third kappa shape index (κ3) is 5.09. The zero-order valence-electron chi connectivity index (χ0n) is 18.7. The van der Waals surface area contributed by atoms with E-state index in [9.17, 15) is 14.0 Å². The minimum absolute atomic E-state index is 0.00758. The molecule has 0 spiro atoms. The molecule has 0 amide bonds. The van der Waals surface area contributed by atoms with E-state index in [4.69, 9.17) is 14.0 Å². The summed E-state index contributed by atoms with van der Waals surface area (Å²) in [4.78, 5) is 33.7. The second-order valence-corrected chi connectivity index (χ2v) is 7.48. The average Bonchev–Trinajstić information content (AvgIpc) is 3.31. The van der Waals surface area contributed by atoms with Gasteiger partial charge in [0, 0.05) is 17.4 Å². The Labute approximate surface area is 194 Å². The Morgan fingerprint density at radius 2 is 1.79 bits per heavy atom. The first-order chi connectivity index (χ1) is 16.5. The van der Waals surface area contributed by atoms with Crippen LogP contribution in [0.3, 0.4) is 0 Å². The molecule has 4 aromatic rings. The van der Waals surface area contributed by atoms with Gasteiger partial charge in [0.2, 0.25) is 11.7 Å². The zero-order chi connectivity index (χ0) is 24.1. The van der Waals surface area contributed by atoms with Gasteiger partial charge in [-0.15, -0.1) is 0 Å². The molecule has 0 radical (unpaired) electrons. The molecule has 0 saturated carbocycles. The van der Waals surface area contributed by atoms with Crippen LogP contribution in [0.2, 0.25) is 0 Å². The summed E-state index contributed by atoms with van der Waals surface area (Å²) in [6.45, 7) is 3.58. The largest absolute Gasteiger partial charge is 0.462 e. The van der Waals surface area contributed by atoms with Gasteiger partial charge in [-0.05, 0) is 49.7 Å². The third-order valence-corrected chi connectivity index (χ3v) is 5.19. The van der Waals surface area contributed by atoms with Crippen LogP contribution in [0.4, 0.5) is 4.39 Å². The maximum Gasteiger partial charge on any atom is 0.340 e. The van der Waals surface area contributed by atoms with Crippen LogP contribution in [-0.2, 0) is 27.3 Å². The number of nitrogens with zero attached hydrogens (tertiary/aromatic N) is 3. The Kier molecular flexibility index (Phi) is 6.91. The van der Waals surface area contributed by atoms with Gasteiger partial charge >= 0.3 is 11.9 Å². The minimum Gasteiger partial charge on any atom is -0.462 e. The molecule has 0 aliphatic rings. The van der Waals surface area contributed by atoms with E-state index in [0.29, 0.717) is 33.7 Å². The number of rotatable bonds is 8. The second kappa shape index (κ2) is 10.2. The first-order valence-corrected chi connectivity index (χ1v) is 10.8. The minimum atomic E-state index is -0.511. The molecule has 0 N–H and O–H groups in total. The van der Waals surface area contributed by atoms with Gasteiger partial charge < -0.3 is 14.0 Å². The summed E-state index contributed by atoms with van der Waals surface area (Å²) >= 11 is 0. The van der Waals surface area contributed by atoms with Crippen LogP contribution in [0.25, 0.3) is 22.3 Å². The van der Waals surface area contributed by atoms with Gasteiger partial charge in [0.15, 0.2) is 0 Å². The summed E-state index contributed by atoms with van der Waals surface area (Å²) in [5.74, 6) is -0.827. The van der Waals surface area contributed by atoms with Gasteiger partial charge in [0.25, 0.3) is 0 Å². The summed E-state index contributed by atoms with van der Waals surface area (Å²) < 4.78 is 28.8. The van der Waals surface area contributed by atoms with Crippen LogP contribution in [0.1, 0.15) is 40.9 Å². The molecule has 0 atom stereocenters. The number of benzene rings is 2. The van der Waals surface area contributed by atoms with Crippen LogP contribution in [0, 0.1) is 12.7 Å². The number of hydrogen-bond acceptors (Lipinski definition) is 8. The Hall–Kier alpha value is -4.14. The zero-order valence-corrected chi connectivity index (χ0v) is 18.7. The van der Waals surface area contributed by atoms with Gasteiger partial charge in [-0.25, -0.2) is 14.2 Å². The summed E-state index contributed by atoms with van der Waals surface area (Å²) in [6, 6.07) is 13.1. The second-order valence-electron chi connectivity index (χ2n) is 7.48. The van der Waals surface area contributed by atoms with E-state index in [0.717, 1.165) is 5.39 Å². The Morgan fingerprint density at radius 3 is 2.56 bits per heavy atom. The number of fused-ring (bicyclic) bond motifs is 1. The molecular formula is C25H22FN3O5. The summed E-state index contributed by atoms with van der Waals surface area (Å²) in [5, 5.41) is 4.68. The van der Waals surface area contributed by atoms with Crippen LogP contribution in [-0.4, -0.2) is 33.7 Å². The molecule has 0 aliphatic carbocycles. The summed E-state index contributed by atoms with van der Waals surface area (Å²) in [7, 11) is 0. The van der Waals surface area contributed by atoms with Crippen molar-refractivity contribution in [1.29, 1.82) is 0 Å². The molecule has 0 fully saturated rings. The van der Waals surface area contributed by atoms with Crippen molar-refractivity contribution in [3.63, 3.8) is 0 Å². The first kappa shape index (κ1) is 23.0. The van der Waals surface area contributed by atoms with Crippen molar-refractivity contribution < 1.29 is 28.0 Å². The number of pyridine rings is 1. The molecule has 8 nitrogen and oxygen atoms in total. The van der Waals surface area contributed by atoms with Crippen molar-refractivity contribution >= 4 is 22.8 Å². The highest BCUT2D eigenvalue weighted by Gasteiger charge is 2.21. The lowest BCUT2D eigenvalue weighted by atomic mass is 10.0. The number of halogens is 1. The van der Waals surface area contributed by atoms with E-state index in [-0.39, 0.29) is 37.8 Å². The SMILES string of the molecule is CCOC(=O)c1c(COC(=O)CCc2nc(-c3ccc(F)cc3)no2)nc2ccccc2c1C. The maximum atomic E-state index is 13.1. The molecule has 9 heteroatoms. The monoisotopic (exact) mass is 463 g/mol. The molecule has 0 saturated heterocycles. The normalized spacial score (nSPS) is 10.9. The molecule has 174 valence electrons. The van der Waals surface area contributed by atoms with E-state index in [1.165, 1.54) is 24.3 Å². The predicted molar refractivity (Wildman–Crippen MR) is 120 cm³/mol. The third-order valence-electron chi connectivity index (χ3n) is 5.19. The molecule has 34 heavy (non-hydrogen) atoms. The number of para-hydroxylation sites is 1. The first-order valence-electron chi connectivity index (χ1n) is 10.8. The highest BCUT2D eigenvalue weighted by molar-refractivity contribution is 5.98. The smallest absolute Gasteiger partial charge is 0.340 e. The number of aryl methyl sites for hydroxylation is 2. The van der Waals surface area contributed by atoms with Gasteiger partial charge in [-0.2, -0.15) is 4.98 Å². The topological polar surface area (TPSA) is 104 Å². The molecule has 0 unspecified atom stereocenters. The standard InChI is InChI=1S/C25H22FN3O5/c1-3-32-25(31)23-15(2)18-6-4-5-7-19(18)27-20(23)14-33-22(30)13-12-21-28-24(29-34-21)16-8-10-17(26)11-9-16/h4-11H,3,12-14H2,1-2H3. The van der Waals surface area contributed by atoms with E-state index < -0.39 is 11.9 Å². The quantitative estimate of drug-likeness (QED) is 0.350. The molecule has 2 aromatic heterocycles. The van der Waals surface area contributed by atoms with Crippen molar-refractivity contribution in [2.45, 2.75) is 33.3 Å². The van der Waals surface area contributed by atoms with Crippen LogP contribution >= 0.6 is 0 Å². The predicted octanol–water partition coefficient (Wildman–Crippen LogP) is 4.59. The van der Waals surface area contributed by atoms with Crippen molar-refractivity contribution in [2.75, 3.05) is 6.61 Å². The summed E-state index contributed by atoms with van der Waals surface area (Å²) in [5.41, 5.74) is 2.64. The van der Waals surface area contributed by atoms with Crippen molar-refractivity contribution in [3.05, 3.63) is 77.1 Å². The number of carbonyl (C=O) groups excluding carboxylic acids is 2. The molecule has 0 aliphatic heterocycles. The lowest BCUT2D eigenvalue weighted by molar-refractivity contribution is -0.145. The van der Waals surface area contributed by atoms with Crippen molar-refractivity contribution in [3.8, 4) is 11.4 Å². The van der Waals surface area contributed by atoms with Crippen LogP contribution in [0.15, 0.2) is 53.1 Å². The van der Waals surface area contributed by atoms with E-state index in [1.54, 1.807) is 6.92 Å². The fourth-order valence-corrected chi connectivity index (χ4v) is 3.52. The highest BCUT2D eigenvalue weighted by Crippen LogP contribution is 2.24. The fraction of sp³-hybridized carbons (Fsp3) is 0.240. The fourth-order valence-electron chi connectivity index (χ4n) is 3.52. The lowest BCUT2D eigenvalue weighted by Gasteiger charge is -2.14. The van der Waals surface area contributed by atoms with Crippen molar-refractivity contribution in [2.24, 2.45) is 0 Å². The Morgan fingerprint density at radius 1 is 1.03 bits per heavy atom. The van der Waals surface area contributed by atoms with Crippen LogP contribution in [0.5, 0.6) is 0 Å². The van der Waals surface area contributed by atoms with Gasteiger partial charge in [0.05, 0.1) is 29.8 Å². The number of aromatic nitrogens is 3. The van der Waals surface area contributed by atoms with Crippen LogP contribution < -0.4 is 0 Å². The number of ether oxygens (including phenoxy) is 2. The Balaban J connectivity index is 1.43. The molecule has 2 aromatic carbocycles. The van der Waals surface area contributed by atoms with E-state index in [2.05, 4.69) is 15.1 Å². The number of hydrogen-bond donors (Lipinski definition) is 0. The number of carbonyl (C=O) groups is 2. The van der Waals surface area contributed by atoms with Gasteiger partial charge in [-0.3, -0.25) is 4.79 Å². The average molecular weight is 463 g/mol. The summed E-state index contributed by atoms with van der Waals surface area (Å²) in [6.07, 6.45) is 0.161. The lowest BCUT2D eigenvalue weighted by Crippen LogP contribution is -2.15.